The van der Waals surface area contributed by atoms with Crippen LogP contribution >= 0.6 is 0 Å². The van der Waals surface area contributed by atoms with Gasteiger partial charge in [0, 0.05) is 12.6 Å². The highest BCUT2D eigenvalue weighted by atomic mass is 14.9. The van der Waals surface area contributed by atoms with E-state index < -0.39 is 0 Å². The predicted octanol–water partition coefficient (Wildman–Crippen LogP) is 2.36. The molecular formula is C15H22N2. The SMILES string of the molecule is NC1CC(c2ccc(C3CCCNC3)cc2)C1. The van der Waals surface area contributed by atoms with E-state index >= 15 is 0 Å². The first kappa shape index (κ1) is 11.2. The van der Waals surface area contributed by atoms with Gasteiger partial charge in [-0.05, 0) is 55.2 Å². The third-order valence-electron chi connectivity index (χ3n) is 4.35. The van der Waals surface area contributed by atoms with Crippen LogP contribution in [-0.2, 0) is 0 Å². The van der Waals surface area contributed by atoms with Crippen molar-refractivity contribution >= 4 is 0 Å². The van der Waals surface area contributed by atoms with E-state index in [0.29, 0.717) is 6.04 Å². The summed E-state index contributed by atoms with van der Waals surface area (Å²) in [5.74, 6) is 1.45. The molecule has 2 fully saturated rings. The van der Waals surface area contributed by atoms with E-state index in [0.717, 1.165) is 18.4 Å². The topological polar surface area (TPSA) is 38.0 Å². The Labute approximate surface area is 104 Å². The highest BCUT2D eigenvalue weighted by Crippen LogP contribution is 2.36. The summed E-state index contributed by atoms with van der Waals surface area (Å²) in [7, 11) is 0. The molecule has 1 unspecified atom stereocenters. The van der Waals surface area contributed by atoms with Crippen molar-refractivity contribution in [3.05, 3.63) is 35.4 Å². The summed E-state index contributed by atoms with van der Waals surface area (Å²) in [4.78, 5) is 0. The fraction of sp³-hybridized carbons (Fsp3) is 0.600. The molecule has 3 rings (SSSR count). The first-order valence-corrected chi connectivity index (χ1v) is 6.89. The Bertz CT molecular complexity index is 359. The molecule has 1 saturated heterocycles. The van der Waals surface area contributed by atoms with Gasteiger partial charge in [0.05, 0.1) is 0 Å². The van der Waals surface area contributed by atoms with Crippen molar-refractivity contribution in [2.24, 2.45) is 5.73 Å². The minimum atomic E-state index is 0.447. The van der Waals surface area contributed by atoms with E-state index in [1.54, 1.807) is 0 Å². The van der Waals surface area contributed by atoms with Crippen molar-refractivity contribution in [2.45, 2.75) is 43.6 Å². The van der Waals surface area contributed by atoms with Gasteiger partial charge in [-0.25, -0.2) is 0 Å². The molecule has 2 heteroatoms. The number of hydrogen-bond donors (Lipinski definition) is 2. The minimum absolute atomic E-state index is 0.447. The summed E-state index contributed by atoms with van der Waals surface area (Å²) in [6.45, 7) is 2.34. The Morgan fingerprint density at radius 3 is 2.18 bits per heavy atom. The zero-order valence-electron chi connectivity index (χ0n) is 10.4. The number of benzene rings is 1. The van der Waals surface area contributed by atoms with Crippen molar-refractivity contribution in [3.8, 4) is 0 Å². The Hall–Kier alpha value is -0.860. The van der Waals surface area contributed by atoms with Crippen LogP contribution in [0.1, 0.15) is 48.6 Å². The lowest BCUT2D eigenvalue weighted by Gasteiger charge is -2.33. The van der Waals surface area contributed by atoms with Crippen LogP contribution in [0.3, 0.4) is 0 Å². The summed E-state index contributed by atoms with van der Waals surface area (Å²) in [5, 5.41) is 3.48. The first-order valence-electron chi connectivity index (χ1n) is 6.89. The molecule has 0 bridgehead atoms. The van der Waals surface area contributed by atoms with Gasteiger partial charge < -0.3 is 11.1 Å². The minimum Gasteiger partial charge on any atom is -0.328 e. The summed E-state index contributed by atoms with van der Waals surface area (Å²) >= 11 is 0. The van der Waals surface area contributed by atoms with Crippen LogP contribution in [-0.4, -0.2) is 19.1 Å². The van der Waals surface area contributed by atoms with Gasteiger partial charge in [0.15, 0.2) is 0 Å². The summed E-state index contributed by atoms with van der Waals surface area (Å²) in [5.41, 5.74) is 8.83. The van der Waals surface area contributed by atoms with Crippen LogP contribution < -0.4 is 11.1 Å². The van der Waals surface area contributed by atoms with Gasteiger partial charge in [-0.1, -0.05) is 24.3 Å². The molecule has 1 aliphatic heterocycles. The zero-order chi connectivity index (χ0) is 11.7. The molecule has 0 spiro atoms. The number of rotatable bonds is 2. The lowest BCUT2D eigenvalue weighted by molar-refractivity contribution is 0.351. The number of nitrogens with one attached hydrogen (secondary N) is 1. The Balaban J connectivity index is 1.67. The van der Waals surface area contributed by atoms with E-state index in [-0.39, 0.29) is 0 Å². The van der Waals surface area contributed by atoms with Crippen LogP contribution in [0.4, 0.5) is 0 Å². The van der Waals surface area contributed by atoms with Gasteiger partial charge in [0.2, 0.25) is 0 Å². The van der Waals surface area contributed by atoms with Crippen LogP contribution in [0.15, 0.2) is 24.3 Å². The lowest BCUT2D eigenvalue weighted by atomic mass is 9.76. The van der Waals surface area contributed by atoms with Crippen LogP contribution in [0, 0.1) is 0 Å². The van der Waals surface area contributed by atoms with Crippen molar-refractivity contribution in [1.29, 1.82) is 0 Å². The van der Waals surface area contributed by atoms with Crippen LogP contribution in [0.2, 0.25) is 0 Å². The van der Waals surface area contributed by atoms with Gasteiger partial charge >= 0.3 is 0 Å². The maximum absolute atomic E-state index is 5.84. The Kier molecular flexibility index (Phi) is 3.17. The molecule has 1 aromatic rings. The highest BCUT2D eigenvalue weighted by molar-refractivity contribution is 5.29. The van der Waals surface area contributed by atoms with E-state index in [4.69, 9.17) is 5.73 Å². The number of piperidine rings is 1. The van der Waals surface area contributed by atoms with E-state index in [9.17, 15) is 0 Å². The second-order valence-corrected chi connectivity index (χ2v) is 5.64. The number of hydrogen-bond acceptors (Lipinski definition) is 2. The van der Waals surface area contributed by atoms with Crippen molar-refractivity contribution in [2.75, 3.05) is 13.1 Å². The molecule has 1 aromatic carbocycles. The maximum atomic E-state index is 5.84. The molecule has 1 saturated carbocycles. The largest absolute Gasteiger partial charge is 0.328 e. The molecule has 1 atom stereocenters. The van der Waals surface area contributed by atoms with E-state index in [1.165, 1.54) is 43.4 Å². The van der Waals surface area contributed by atoms with Crippen molar-refractivity contribution in [1.82, 2.24) is 5.32 Å². The summed E-state index contributed by atoms with van der Waals surface area (Å²) in [6, 6.07) is 9.75. The maximum Gasteiger partial charge on any atom is 0.00504 e. The molecule has 1 heterocycles. The van der Waals surface area contributed by atoms with Crippen LogP contribution in [0.25, 0.3) is 0 Å². The highest BCUT2D eigenvalue weighted by Gasteiger charge is 2.27. The third-order valence-corrected chi connectivity index (χ3v) is 4.35. The Morgan fingerprint density at radius 2 is 1.65 bits per heavy atom. The monoisotopic (exact) mass is 230 g/mol. The molecule has 3 N–H and O–H groups in total. The van der Waals surface area contributed by atoms with Crippen molar-refractivity contribution in [3.63, 3.8) is 0 Å². The fourth-order valence-electron chi connectivity index (χ4n) is 3.11. The van der Waals surface area contributed by atoms with E-state index in [2.05, 4.69) is 29.6 Å². The van der Waals surface area contributed by atoms with Gasteiger partial charge in [0.25, 0.3) is 0 Å². The Morgan fingerprint density at radius 1 is 1.00 bits per heavy atom. The summed E-state index contributed by atoms with van der Waals surface area (Å²) < 4.78 is 0. The average Bonchev–Trinajstić information content (AvgIpc) is 2.36. The quantitative estimate of drug-likeness (QED) is 0.818. The molecule has 0 amide bonds. The molecule has 1 aliphatic carbocycles. The second kappa shape index (κ2) is 4.79. The standard InChI is InChI=1S/C15H22N2/c16-15-8-14(9-15)12-5-3-11(4-6-12)13-2-1-7-17-10-13/h3-6,13-15,17H,1-2,7-10,16H2. The van der Waals surface area contributed by atoms with Gasteiger partial charge in [-0.3, -0.25) is 0 Å². The molecule has 0 radical (unpaired) electrons. The normalized spacial score (nSPS) is 33.1. The average molecular weight is 230 g/mol. The van der Waals surface area contributed by atoms with Gasteiger partial charge in [-0.15, -0.1) is 0 Å². The molecule has 0 aromatic heterocycles. The van der Waals surface area contributed by atoms with E-state index in [1.807, 2.05) is 0 Å². The number of nitrogens with two attached hydrogens (primary N) is 1. The van der Waals surface area contributed by atoms with Gasteiger partial charge in [-0.2, -0.15) is 0 Å². The zero-order valence-corrected chi connectivity index (χ0v) is 10.4. The van der Waals surface area contributed by atoms with Crippen LogP contribution in [0.5, 0.6) is 0 Å². The molecular weight excluding hydrogens is 208 g/mol. The summed E-state index contributed by atoms with van der Waals surface area (Å²) in [6.07, 6.45) is 4.99. The fourth-order valence-corrected chi connectivity index (χ4v) is 3.11. The lowest BCUT2D eigenvalue weighted by Crippen LogP contribution is -2.34. The first-order chi connectivity index (χ1) is 8.33. The molecule has 17 heavy (non-hydrogen) atoms. The second-order valence-electron chi connectivity index (χ2n) is 5.64. The molecule has 2 aliphatic rings. The smallest absolute Gasteiger partial charge is 0.00504 e. The van der Waals surface area contributed by atoms with Crippen molar-refractivity contribution < 1.29 is 0 Å². The molecule has 92 valence electrons. The molecule has 2 nitrogen and oxygen atoms in total. The third kappa shape index (κ3) is 2.38. The van der Waals surface area contributed by atoms with Gasteiger partial charge in [0.1, 0.15) is 0 Å². The predicted molar refractivity (Wildman–Crippen MR) is 71.2 cm³/mol.